The molecular weight excluding hydrogens is 588 g/mol. The average Bonchev–Trinajstić information content (AvgIpc) is 3.08. The monoisotopic (exact) mass is 620 g/mol. The zero-order valence-corrected chi connectivity index (χ0v) is 24.9. The van der Waals surface area contributed by atoms with Crippen molar-refractivity contribution >= 4 is 24.1 Å². The molecule has 2 aliphatic heterocycles. The Balaban J connectivity index is 1.32. The van der Waals surface area contributed by atoms with Crippen LogP contribution in [0.5, 0.6) is 0 Å². The zero-order chi connectivity index (χ0) is 32.3. The van der Waals surface area contributed by atoms with Crippen LogP contribution in [0.4, 0.5) is 9.59 Å². The quantitative estimate of drug-likeness (QED) is 0.251. The lowest BCUT2D eigenvalue weighted by molar-refractivity contribution is -0.182. The van der Waals surface area contributed by atoms with E-state index in [4.69, 9.17) is 9.47 Å². The van der Waals surface area contributed by atoms with Gasteiger partial charge in [0.25, 0.3) is 0 Å². The van der Waals surface area contributed by atoms with Gasteiger partial charge in [-0.25, -0.2) is 9.59 Å². The van der Waals surface area contributed by atoms with E-state index < -0.39 is 48.4 Å². The number of carboxylic acid groups (broad SMARTS) is 2. The van der Waals surface area contributed by atoms with Crippen LogP contribution in [-0.4, -0.2) is 57.2 Å². The van der Waals surface area contributed by atoms with Crippen molar-refractivity contribution in [3.8, 4) is 0 Å². The second-order valence-electron chi connectivity index (χ2n) is 11.2. The number of ether oxygens (including phenoxy) is 2. The van der Waals surface area contributed by atoms with E-state index in [-0.39, 0.29) is 13.1 Å². The van der Waals surface area contributed by atoms with Crippen molar-refractivity contribution in [1.29, 1.82) is 0 Å². The Kier molecular flexibility index (Phi) is 8.19. The van der Waals surface area contributed by atoms with Crippen LogP contribution in [0.2, 0.25) is 0 Å². The summed E-state index contributed by atoms with van der Waals surface area (Å²) in [6, 6.07) is 31.7. The van der Waals surface area contributed by atoms with Crippen molar-refractivity contribution < 1.29 is 38.9 Å². The summed E-state index contributed by atoms with van der Waals surface area (Å²) in [5.74, 6) is -1.65. The molecule has 0 aromatic heterocycles. The van der Waals surface area contributed by atoms with Gasteiger partial charge in [0, 0.05) is 35.3 Å². The van der Waals surface area contributed by atoms with Gasteiger partial charge in [0.05, 0.1) is 12.8 Å². The van der Waals surface area contributed by atoms with Crippen LogP contribution in [0.1, 0.15) is 46.2 Å². The lowest BCUT2D eigenvalue weighted by Crippen LogP contribution is -2.56. The molecule has 0 saturated heterocycles. The molecule has 2 N–H and O–H groups in total. The second kappa shape index (κ2) is 12.4. The van der Waals surface area contributed by atoms with Crippen LogP contribution in [0.15, 0.2) is 109 Å². The van der Waals surface area contributed by atoms with E-state index in [0.717, 1.165) is 20.9 Å². The van der Waals surface area contributed by atoms with E-state index in [9.17, 15) is 29.4 Å². The first-order valence-corrected chi connectivity index (χ1v) is 15.0. The van der Waals surface area contributed by atoms with Gasteiger partial charge in [-0.2, -0.15) is 0 Å². The fraction of sp³-hybridized carbons (Fsp3) is 0.222. The molecule has 2 unspecified atom stereocenters. The highest BCUT2D eigenvalue weighted by atomic mass is 16.6. The van der Waals surface area contributed by atoms with Gasteiger partial charge in [0.1, 0.15) is 0 Å². The van der Waals surface area contributed by atoms with E-state index in [1.165, 1.54) is 0 Å². The predicted molar refractivity (Wildman–Crippen MR) is 166 cm³/mol. The number of rotatable bonds is 7. The minimum atomic E-state index is -1.78. The fourth-order valence-electron chi connectivity index (χ4n) is 6.59. The molecule has 0 bridgehead atoms. The Morgan fingerprint density at radius 3 is 1.26 bits per heavy atom. The van der Waals surface area contributed by atoms with Crippen molar-refractivity contribution in [1.82, 2.24) is 9.80 Å². The minimum Gasteiger partial charge on any atom is -0.465 e. The van der Waals surface area contributed by atoms with Crippen LogP contribution in [0.25, 0.3) is 0 Å². The smallest absolute Gasteiger partial charge is 0.410 e. The molecule has 2 amide bonds. The van der Waals surface area contributed by atoms with Crippen LogP contribution < -0.4 is 0 Å². The van der Waals surface area contributed by atoms with Gasteiger partial charge in [-0.3, -0.25) is 19.4 Å². The Bertz CT molecular complexity index is 1650. The van der Waals surface area contributed by atoms with Gasteiger partial charge >= 0.3 is 24.1 Å². The van der Waals surface area contributed by atoms with Gasteiger partial charge in [-0.1, -0.05) is 109 Å². The van der Waals surface area contributed by atoms with Crippen molar-refractivity contribution in [3.05, 3.63) is 143 Å². The Hall–Kier alpha value is -5.64. The Morgan fingerprint density at radius 2 is 0.891 bits per heavy atom. The molecule has 10 nitrogen and oxygen atoms in total. The molecule has 0 fully saturated rings. The third kappa shape index (κ3) is 5.21. The maximum atomic E-state index is 13.6. The van der Waals surface area contributed by atoms with Crippen molar-refractivity contribution in [2.45, 2.75) is 37.1 Å². The normalized spacial score (nSPS) is 20.2. The maximum absolute atomic E-state index is 13.6. The van der Waals surface area contributed by atoms with E-state index in [2.05, 4.69) is 0 Å². The lowest BCUT2D eigenvalue weighted by Gasteiger charge is -2.46. The summed E-state index contributed by atoms with van der Waals surface area (Å²) in [6.07, 6.45) is -2.54. The van der Waals surface area contributed by atoms with Crippen molar-refractivity contribution in [2.24, 2.45) is 0 Å². The van der Waals surface area contributed by atoms with E-state index in [0.29, 0.717) is 35.1 Å². The molecule has 2 aliphatic rings. The number of amides is 2. The van der Waals surface area contributed by atoms with Crippen LogP contribution >= 0.6 is 0 Å². The standard InChI is InChI=1S/C36H32N2O8/c39-31(45-35(27-13-3-1-4-14-27)29-17-9-7-11-25(29)21-23-37(35)33(41)42)19-20-32(40)46-36(28-15-5-2-6-16-28)30-18-10-8-12-26(30)22-24-38(36)34(43)44/h1-18H,19-24H2,(H,41,42)(H,43,44). The topological polar surface area (TPSA) is 134 Å². The first kappa shape index (κ1) is 30.4. The molecular formula is C36H32N2O8. The van der Waals surface area contributed by atoms with Crippen molar-refractivity contribution in [3.63, 3.8) is 0 Å². The molecule has 0 aliphatic carbocycles. The summed E-state index contributed by atoms with van der Waals surface area (Å²) in [4.78, 5) is 54.6. The Morgan fingerprint density at radius 1 is 0.543 bits per heavy atom. The number of carbonyl (C=O) groups excluding carboxylic acids is 2. The number of benzene rings is 4. The van der Waals surface area contributed by atoms with E-state index in [1.807, 2.05) is 24.3 Å². The highest BCUT2D eigenvalue weighted by Gasteiger charge is 2.52. The SMILES string of the molecule is O=C(CCC(=O)OC1(c2ccccc2)c2ccccc2CCN1C(=O)O)OC1(c2ccccc2)c2ccccc2CCN1C(=O)O. The second-order valence-corrected chi connectivity index (χ2v) is 11.2. The number of esters is 2. The number of carbonyl (C=O) groups is 4. The van der Waals surface area contributed by atoms with Crippen LogP contribution in [-0.2, 0) is 43.4 Å². The molecule has 4 aromatic rings. The molecule has 6 rings (SSSR count). The molecule has 0 spiro atoms. The minimum absolute atomic E-state index is 0.0839. The fourth-order valence-corrected chi connectivity index (χ4v) is 6.59. The van der Waals surface area contributed by atoms with E-state index in [1.54, 1.807) is 84.9 Å². The molecule has 2 heterocycles. The first-order chi connectivity index (χ1) is 22.3. The summed E-state index contributed by atoms with van der Waals surface area (Å²) in [5, 5.41) is 20.5. The highest BCUT2D eigenvalue weighted by molar-refractivity contribution is 5.80. The zero-order valence-electron chi connectivity index (χ0n) is 24.9. The summed E-state index contributed by atoms with van der Waals surface area (Å²) < 4.78 is 12.3. The van der Waals surface area contributed by atoms with Gasteiger partial charge in [-0.15, -0.1) is 0 Å². The lowest BCUT2D eigenvalue weighted by atomic mass is 9.84. The Labute approximate surface area is 265 Å². The molecule has 0 saturated carbocycles. The van der Waals surface area contributed by atoms with Gasteiger partial charge < -0.3 is 19.7 Å². The largest absolute Gasteiger partial charge is 0.465 e. The molecule has 2 atom stereocenters. The van der Waals surface area contributed by atoms with Gasteiger partial charge in [0.15, 0.2) is 0 Å². The summed E-state index contributed by atoms with van der Waals surface area (Å²) in [5.41, 5.74) is 0.0391. The number of hydrogen-bond acceptors (Lipinski definition) is 6. The summed E-state index contributed by atoms with van der Waals surface area (Å²) in [7, 11) is 0. The van der Waals surface area contributed by atoms with E-state index >= 15 is 0 Å². The predicted octanol–water partition coefficient (Wildman–Crippen LogP) is 5.73. The number of hydrogen-bond donors (Lipinski definition) is 2. The third-order valence-corrected chi connectivity index (χ3v) is 8.58. The summed E-state index contributed by atoms with van der Waals surface area (Å²) in [6.45, 7) is 0.168. The van der Waals surface area contributed by atoms with Crippen LogP contribution in [0.3, 0.4) is 0 Å². The first-order valence-electron chi connectivity index (χ1n) is 15.0. The third-order valence-electron chi connectivity index (χ3n) is 8.58. The molecule has 0 radical (unpaired) electrons. The number of fused-ring (bicyclic) bond motifs is 2. The maximum Gasteiger partial charge on any atom is 0.410 e. The summed E-state index contributed by atoms with van der Waals surface area (Å²) >= 11 is 0. The molecule has 10 heteroatoms. The highest BCUT2D eigenvalue weighted by Crippen LogP contribution is 2.44. The molecule has 4 aromatic carbocycles. The molecule has 234 valence electrons. The number of nitrogens with zero attached hydrogens (tertiary/aromatic N) is 2. The van der Waals surface area contributed by atoms with Crippen LogP contribution in [0, 0.1) is 0 Å². The van der Waals surface area contributed by atoms with Crippen molar-refractivity contribution in [2.75, 3.05) is 13.1 Å². The molecule has 46 heavy (non-hydrogen) atoms. The van der Waals surface area contributed by atoms with Gasteiger partial charge in [-0.05, 0) is 24.0 Å². The average molecular weight is 621 g/mol. The van der Waals surface area contributed by atoms with Gasteiger partial charge in [0.2, 0.25) is 11.4 Å².